The molecule has 0 amide bonds. The van der Waals surface area contributed by atoms with Crippen LogP contribution in [0.3, 0.4) is 0 Å². The van der Waals surface area contributed by atoms with E-state index in [4.69, 9.17) is 4.74 Å². The summed E-state index contributed by atoms with van der Waals surface area (Å²) in [7, 11) is 3.57. The smallest absolute Gasteiger partial charge is 0.129 e. The lowest BCUT2D eigenvalue weighted by molar-refractivity contribution is 0.415. The van der Waals surface area contributed by atoms with E-state index in [1.807, 2.05) is 49.2 Å². The van der Waals surface area contributed by atoms with Gasteiger partial charge in [-0.25, -0.2) is 4.39 Å². The normalized spacial score (nSPS) is 10.5. The fourth-order valence-corrected chi connectivity index (χ4v) is 2.24. The van der Waals surface area contributed by atoms with Gasteiger partial charge in [-0.3, -0.25) is 0 Å². The Hall–Kier alpha value is -2.07. The van der Waals surface area contributed by atoms with Gasteiger partial charge in [-0.1, -0.05) is 19.1 Å². The molecule has 2 rings (SSSR count). The second kappa shape index (κ2) is 7.09. The Bertz CT molecular complexity index is 601. The van der Waals surface area contributed by atoms with E-state index in [0.717, 1.165) is 23.7 Å². The van der Waals surface area contributed by atoms with Crippen LogP contribution in [0.5, 0.6) is 5.75 Å². The van der Waals surface area contributed by atoms with Crippen LogP contribution >= 0.6 is 0 Å². The summed E-state index contributed by atoms with van der Waals surface area (Å²) in [6.45, 7) is 3.32. The van der Waals surface area contributed by atoms with Crippen LogP contribution in [0.1, 0.15) is 12.5 Å². The molecule has 0 unspecified atom stereocenters. The molecule has 2 aromatic rings. The van der Waals surface area contributed by atoms with Crippen molar-refractivity contribution in [2.45, 2.75) is 13.5 Å². The highest BCUT2D eigenvalue weighted by atomic mass is 19.1. The molecule has 0 bridgehead atoms. The van der Waals surface area contributed by atoms with Gasteiger partial charge in [-0.15, -0.1) is 0 Å². The molecule has 0 fully saturated rings. The predicted molar refractivity (Wildman–Crippen MR) is 84.8 cm³/mol. The molecule has 2 aromatic carbocycles. The topological polar surface area (TPSA) is 24.5 Å². The standard InChI is InChI=1S/C17H21FN2O/c1-4-19-12-15-16(18)9-6-10-17(15)20(2)13-7-5-8-14(11-13)21-3/h5-11,19H,4,12H2,1-3H3. The van der Waals surface area contributed by atoms with Crippen molar-refractivity contribution < 1.29 is 9.13 Å². The fourth-order valence-electron chi connectivity index (χ4n) is 2.24. The minimum atomic E-state index is -0.191. The molecule has 0 aliphatic carbocycles. The maximum atomic E-state index is 14.1. The number of ether oxygens (including phenoxy) is 1. The summed E-state index contributed by atoms with van der Waals surface area (Å²) in [5.41, 5.74) is 2.48. The van der Waals surface area contributed by atoms with Gasteiger partial charge in [0.05, 0.1) is 7.11 Å². The molecule has 1 N–H and O–H groups in total. The van der Waals surface area contributed by atoms with Gasteiger partial charge in [-0.2, -0.15) is 0 Å². The van der Waals surface area contributed by atoms with Crippen molar-refractivity contribution in [3.8, 4) is 5.75 Å². The summed E-state index contributed by atoms with van der Waals surface area (Å²) >= 11 is 0. The van der Waals surface area contributed by atoms with E-state index in [-0.39, 0.29) is 5.82 Å². The summed E-state index contributed by atoms with van der Waals surface area (Å²) in [6.07, 6.45) is 0. The number of hydrogen-bond donors (Lipinski definition) is 1. The minimum absolute atomic E-state index is 0.191. The van der Waals surface area contributed by atoms with E-state index in [1.54, 1.807) is 13.2 Å². The number of halogens is 1. The van der Waals surface area contributed by atoms with Crippen molar-refractivity contribution in [3.05, 3.63) is 53.8 Å². The number of anilines is 2. The van der Waals surface area contributed by atoms with Crippen molar-refractivity contribution in [3.63, 3.8) is 0 Å². The first-order chi connectivity index (χ1) is 10.2. The first-order valence-corrected chi connectivity index (χ1v) is 7.03. The van der Waals surface area contributed by atoms with E-state index < -0.39 is 0 Å². The average Bonchev–Trinajstić information content (AvgIpc) is 2.53. The van der Waals surface area contributed by atoms with Crippen LogP contribution in [0.25, 0.3) is 0 Å². The van der Waals surface area contributed by atoms with Gasteiger partial charge in [0.15, 0.2) is 0 Å². The molecular weight excluding hydrogens is 267 g/mol. The quantitative estimate of drug-likeness (QED) is 0.877. The lowest BCUT2D eigenvalue weighted by Crippen LogP contribution is -2.18. The summed E-state index contributed by atoms with van der Waals surface area (Å²) in [6, 6.07) is 12.9. The molecule has 0 aliphatic heterocycles. The highest BCUT2D eigenvalue weighted by Crippen LogP contribution is 2.30. The van der Waals surface area contributed by atoms with Gasteiger partial charge < -0.3 is 15.0 Å². The molecule has 0 radical (unpaired) electrons. The van der Waals surface area contributed by atoms with Crippen molar-refractivity contribution in [2.75, 3.05) is 25.6 Å². The van der Waals surface area contributed by atoms with Crippen LogP contribution in [0.2, 0.25) is 0 Å². The monoisotopic (exact) mass is 288 g/mol. The number of nitrogens with zero attached hydrogens (tertiary/aromatic N) is 1. The third kappa shape index (κ3) is 3.52. The highest BCUT2D eigenvalue weighted by molar-refractivity contribution is 5.67. The zero-order valence-corrected chi connectivity index (χ0v) is 12.7. The Morgan fingerprint density at radius 1 is 1.19 bits per heavy atom. The summed E-state index contributed by atoms with van der Waals surface area (Å²) in [4.78, 5) is 1.97. The third-order valence-corrected chi connectivity index (χ3v) is 3.45. The van der Waals surface area contributed by atoms with Crippen LogP contribution in [0.15, 0.2) is 42.5 Å². The summed E-state index contributed by atoms with van der Waals surface area (Å²) in [5.74, 6) is 0.590. The van der Waals surface area contributed by atoms with E-state index in [9.17, 15) is 4.39 Å². The van der Waals surface area contributed by atoms with Crippen molar-refractivity contribution in [2.24, 2.45) is 0 Å². The molecule has 0 saturated heterocycles. The first kappa shape index (κ1) is 15.3. The van der Waals surface area contributed by atoms with E-state index >= 15 is 0 Å². The van der Waals surface area contributed by atoms with Crippen molar-refractivity contribution in [1.29, 1.82) is 0 Å². The van der Waals surface area contributed by atoms with Gasteiger partial charge in [0.2, 0.25) is 0 Å². The Morgan fingerprint density at radius 3 is 2.67 bits per heavy atom. The molecule has 0 heterocycles. The molecule has 4 heteroatoms. The second-order valence-electron chi connectivity index (χ2n) is 4.78. The Kier molecular flexibility index (Phi) is 5.17. The number of benzene rings is 2. The largest absolute Gasteiger partial charge is 0.497 e. The lowest BCUT2D eigenvalue weighted by Gasteiger charge is -2.23. The van der Waals surface area contributed by atoms with Crippen LogP contribution < -0.4 is 15.0 Å². The van der Waals surface area contributed by atoms with Gasteiger partial charge in [0.1, 0.15) is 11.6 Å². The number of rotatable bonds is 6. The van der Waals surface area contributed by atoms with Crippen molar-refractivity contribution >= 4 is 11.4 Å². The minimum Gasteiger partial charge on any atom is -0.497 e. The lowest BCUT2D eigenvalue weighted by atomic mass is 10.1. The highest BCUT2D eigenvalue weighted by Gasteiger charge is 2.13. The number of methoxy groups -OCH3 is 1. The predicted octanol–water partition coefficient (Wildman–Crippen LogP) is 3.71. The molecular formula is C17H21FN2O. The van der Waals surface area contributed by atoms with E-state index in [2.05, 4.69) is 5.32 Å². The van der Waals surface area contributed by atoms with Crippen molar-refractivity contribution in [1.82, 2.24) is 5.32 Å². The van der Waals surface area contributed by atoms with E-state index in [1.165, 1.54) is 6.07 Å². The third-order valence-electron chi connectivity index (χ3n) is 3.45. The molecule has 112 valence electrons. The molecule has 0 spiro atoms. The van der Waals surface area contributed by atoms with E-state index in [0.29, 0.717) is 12.1 Å². The second-order valence-corrected chi connectivity index (χ2v) is 4.78. The molecule has 0 aromatic heterocycles. The zero-order valence-electron chi connectivity index (χ0n) is 12.7. The van der Waals surface area contributed by atoms with Gasteiger partial charge >= 0.3 is 0 Å². The number of hydrogen-bond acceptors (Lipinski definition) is 3. The first-order valence-electron chi connectivity index (χ1n) is 7.03. The van der Waals surface area contributed by atoms with Gasteiger partial charge in [0, 0.05) is 36.6 Å². The van der Waals surface area contributed by atoms with Crippen LogP contribution in [0, 0.1) is 5.82 Å². The molecule has 0 saturated carbocycles. The van der Waals surface area contributed by atoms with Crippen LogP contribution in [-0.4, -0.2) is 20.7 Å². The SMILES string of the molecule is CCNCc1c(F)cccc1N(C)c1cccc(OC)c1. The van der Waals surface area contributed by atoms with Crippen LogP contribution in [-0.2, 0) is 6.54 Å². The Labute approximate surface area is 125 Å². The zero-order chi connectivity index (χ0) is 15.2. The van der Waals surface area contributed by atoms with Gasteiger partial charge in [0.25, 0.3) is 0 Å². The van der Waals surface area contributed by atoms with Gasteiger partial charge in [-0.05, 0) is 30.8 Å². The molecule has 3 nitrogen and oxygen atoms in total. The molecule has 0 aliphatic rings. The number of nitrogens with one attached hydrogen (secondary N) is 1. The summed E-state index contributed by atoms with van der Waals surface area (Å²) < 4.78 is 19.4. The maximum Gasteiger partial charge on any atom is 0.129 e. The Morgan fingerprint density at radius 2 is 1.95 bits per heavy atom. The Balaban J connectivity index is 2.37. The fraction of sp³-hybridized carbons (Fsp3) is 0.294. The molecule has 0 atom stereocenters. The average molecular weight is 288 g/mol. The molecule has 21 heavy (non-hydrogen) atoms. The maximum absolute atomic E-state index is 14.1. The van der Waals surface area contributed by atoms with Crippen LogP contribution in [0.4, 0.5) is 15.8 Å². The summed E-state index contributed by atoms with van der Waals surface area (Å²) in [5, 5.41) is 3.18.